The Kier molecular flexibility index (Phi) is 5.52. The Hall–Kier alpha value is -2.08. The van der Waals surface area contributed by atoms with Crippen LogP contribution in [0.1, 0.15) is 13.8 Å². The number of carbonyl (C=O) groups is 2. The molecule has 0 spiro atoms. The molecule has 0 aliphatic carbocycles. The Labute approximate surface area is 118 Å². The number of rotatable bonds is 6. The smallest absolute Gasteiger partial charge is 0.317 e. The molecule has 4 N–H and O–H groups in total. The summed E-state index contributed by atoms with van der Waals surface area (Å²) in [7, 11) is 1.62. The summed E-state index contributed by atoms with van der Waals surface area (Å²) in [5, 5.41) is 11.6. The number of nitrogens with zero attached hydrogens (tertiary/aromatic N) is 1. The minimum atomic E-state index is -0.963. The number of aliphatic carboxylic acids is 1. The Bertz CT molecular complexity index is 488. The van der Waals surface area contributed by atoms with E-state index < -0.39 is 12.0 Å². The zero-order valence-corrected chi connectivity index (χ0v) is 12.0. The van der Waals surface area contributed by atoms with Crippen LogP contribution in [0.15, 0.2) is 24.3 Å². The lowest BCUT2D eigenvalue weighted by Gasteiger charge is -2.28. The van der Waals surface area contributed by atoms with Gasteiger partial charge in [0, 0.05) is 11.4 Å². The van der Waals surface area contributed by atoms with E-state index in [4.69, 9.17) is 10.8 Å². The van der Waals surface area contributed by atoms with Gasteiger partial charge in [-0.25, -0.2) is 0 Å². The SMILES string of the molecule is CC(C)C(C(=O)Nc1cccc(N)c1)N(C)CC(=O)O. The number of likely N-dealkylation sites (N-methyl/N-ethyl adjacent to an activating group) is 1. The number of carboxylic acids is 1. The molecule has 1 amide bonds. The summed E-state index contributed by atoms with van der Waals surface area (Å²) >= 11 is 0. The van der Waals surface area contributed by atoms with Gasteiger partial charge in [-0.1, -0.05) is 19.9 Å². The number of nitrogens with two attached hydrogens (primary N) is 1. The topological polar surface area (TPSA) is 95.7 Å². The Morgan fingerprint density at radius 3 is 2.55 bits per heavy atom. The van der Waals surface area contributed by atoms with Crippen LogP contribution in [0.3, 0.4) is 0 Å². The summed E-state index contributed by atoms with van der Waals surface area (Å²) in [5.41, 5.74) is 6.82. The van der Waals surface area contributed by atoms with Crippen molar-refractivity contribution in [2.24, 2.45) is 5.92 Å². The van der Waals surface area contributed by atoms with Crippen molar-refractivity contribution in [3.63, 3.8) is 0 Å². The van der Waals surface area contributed by atoms with Gasteiger partial charge in [-0.15, -0.1) is 0 Å². The van der Waals surface area contributed by atoms with Crippen LogP contribution in [0.5, 0.6) is 0 Å². The third kappa shape index (κ3) is 4.55. The number of carbonyl (C=O) groups excluding carboxylic acids is 1. The number of hydrogen-bond donors (Lipinski definition) is 3. The highest BCUT2D eigenvalue weighted by atomic mass is 16.4. The molecule has 1 rings (SSSR count). The van der Waals surface area contributed by atoms with Crippen molar-refractivity contribution in [1.29, 1.82) is 0 Å². The maximum absolute atomic E-state index is 12.3. The first-order valence-electron chi connectivity index (χ1n) is 6.39. The van der Waals surface area contributed by atoms with Crippen molar-refractivity contribution in [1.82, 2.24) is 4.90 Å². The number of amides is 1. The summed E-state index contributed by atoms with van der Waals surface area (Å²) in [5.74, 6) is -1.22. The summed E-state index contributed by atoms with van der Waals surface area (Å²) in [4.78, 5) is 24.6. The summed E-state index contributed by atoms with van der Waals surface area (Å²) in [6.07, 6.45) is 0. The zero-order valence-electron chi connectivity index (χ0n) is 12.0. The normalized spacial score (nSPS) is 12.4. The molecule has 0 saturated carbocycles. The molecule has 0 heterocycles. The minimum absolute atomic E-state index is 0.0135. The molecule has 1 unspecified atom stereocenters. The zero-order chi connectivity index (χ0) is 15.3. The second-order valence-electron chi connectivity index (χ2n) is 5.11. The van der Waals surface area contributed by atoms with E-state index in [2.05, 4.69) is 5.32 Å². The fourth-order valence-corrected chi connectivity index (χ4v) is 2.16. The number of anilines is 2. The van der Waals surface area contributed by atoms with Crippen molar-refractivity contribution < 1.29 is 14.7 Å². The lowest BCUT2D eigenvalue weighted by atomic mass is 10.0. The first kappa shape index (κ1) is 16.0. The third-order valence-electron chi connectivity index (χ3n) is 2.91. The third-order valence-corrected chi connectivity index (χ3v) is 2.91. The molecule has 0 aliphatic rings. The minimum Gasteiger partial charge on any atom is -0.480 e. The van der Waals surface area contributed by atoms with Crippen molar-refractivity contribution >= 4 is 23.3 Å². The largest absolute Gasteiger partial charge is 0.480 e. The van der Waals surface area contributed by atoms with Gasteiger partial charge >= 0.3 is 5.97 Å². The molecule has 1 aromatic carbocycles. The van der Waals surface area contributed by atoms with Gasteiger partial charge in [-0.2, -0.15) is 0 Å². The molecule has 1 aromatic rings. The van der Waals surface area contributed by atoms with Crippen molar-refractivity contribution in [3.05, 3.63) is 24.3 Å². The maximum atomic E-state index is 12.3. The molecule has 6 heteroatoms. The number of nitrogen functional groups attached to an aromatic ring is 1. The standard InChI is InChI=1S/C14H21N3O3/c1-9(2)13(17(3)8-12(18)19)14(20)16-11-6-4-5-10(15)7-11/h4-7,9,13H,8,15H2,1-3H3,(H,16,20)(H,18,19). The maximum Gasteiger partial charge on any atom is 0.317 e. The van der Waals surface area contributed by atoms with Crippen LogP contribution >= 0.6 is 0 Å². The van der Waals surface area contributed by atoms with E-state index in [0.29, 0.717) is 11.4 Å². The van der Waals surface area contributed by atoms with E-state index in [1.54, 1.807) is 31.3 Å². The number of nitrogens with one attached hydrogen (secondary N) is 1. The Morgan fingerprint density at radius 2 is 2.05 bits per heavy atom. The average Bonchev–Trinajstić information content (AvgIpc) is 2.26. The lowest BCUT2D eigenvalue weighted by Crippen LogP contribution is -2.47. The molecule has 0 radical (unpaired) electrons. The Morgan fingerprint density at radius 1 is 1.40 bits per heavy atom. The highest BCUT2D eigenvalue weighted by Gasteiger charge is 2.27. The molecule has 0 aromatic heterocycles. The predicted octanol–water partition coefficient (Wildman–Crippen LogP) is 1.25. The first-order chi connectivity index (χ1) is 9.31. The summed E-state index contributed by atoms with van der Waals surface area (Å²) < 4.78 is 0. The monoisotopic (exact) mass is 279 g/mol. The molecular formula is C14H21N3O3. The molecule has 0 saturated heterocycles. The summed E-state index contributed by atoms with van der Waals surface area (Å²) in [6.45, 7) is 3.57. The molecule has 0 fully saturated rings. The molecule has 110 valence electrons. The van der Waals surface area contributed by atoms with Crippen molar-refractivity contribution in [2.75, 3.05) is 24.6 Å². The van der Waals surface area contributed by atoms with Gasteiger partial charge < -0.3 is 16.2 Å². The first-order valence-corrected chi connectivity index (χ1v) is 6.39. The van der Waals surface area contributed by atoms with Crippen LogP contribution in [0, 0.1) is 5.92 Å². The van der Waals surface area contributed by atoms with Crippen molar-refractivity contribution in [3.8, 4) is 0 Å². The van der Waals surface area contributed by atoms with Crippen LogP contribution in [-0.4, -0.2) is 41.5 Å². The highest BCUT2D eigenvalue weighted by molar-refractivity contribution is 5.95. The second-order valence-corrected chi connectivity index (χ2v) is 5.11. The fraction of sp³-hybridized carbons (Fsp3) is 0.429. The fourth-order valence-electron chi connectivity index (χ4n) is 2.16. The van der Waals surface area contributed by atoms with Gasteiger partial charge in [-0.3, -0.25) is 14.5 Å². The van der Waals surface area contributed by atoms with Crippen LogP contribution in [0.25, 0.3) is 0 Å². The molecule has 20 heavy (non-hydrogen) atoms. The van der Waals surface area contributed by atoms with E-state index in [1.807, 2.05) is 13.8 Å². The second kappa shape index (κ2) is 6.91. The average molecular weight is 279 g/mol. The Balaban J connectivity index is 2.81. The van der Waals surface area contributed by atoms with Gasteiger partial charge in [0.1, 0.15) is 0 Å². The van der Waals surface area contributed by atoms with Crippen LogP contribution in [0.4, 0.5) is 11.4 Å². The van der Waals surface area contributed by atoms with Gasteiger partial charge in [0.25, 0.3) is 0 Å². The van der Waals surface area contributed by atoms with Crippen LogP contribution in [-0.2, 0) is 9.59 Å². The molecule has 6 nitrogen and oxygen atoms in total. The number of carboxylic acid groups (broad SMARTS) is 1. The van der Waals surface area contributed by atoms with Crippen molar-refractivity contribution in [2.45, 2.75) is 19.9 Å². The summed E-state index contributed by atoms with van der Waals surface area (Å²) in [6, 6.07) is 6.35. The van der Waals surface area contributed by atoms with E-state index in [0.717, 1.165) is 0 Å². The van der Waals surface area contributed by atoms with Gasteiger partial charge in [0.05, 0.1) is 12.6 Å². The molecule has 0 bridgehead atoms. The predicted molar refractivity (Wildman–Crippen MR) is 78.4 cm³/mol. The molecule has 1 atom stereocenters. The van der Waals surface area contributed by atoms with Crippen LogP contribution < -0.4 is 11.1 Å². The number of benzene rings is 1. The van der Waals surface area contributed by atoms with Gasteiger partial charge in [0.15, 0.2) is 0 Å². The molecular weight excluding hydrogens is 258 g/mol. The molecule has 0 aliphatic heterocycles. The van der Waals surface area contributed by atoms with E-state index in [9.17, 15) is 9.59 Å². The van der Waals surface area contributed by atoms with Gasteiger partial charge in [0.2, 0.25) is 5.91 Å². The van der Waals surface area contributed by atoms with Gasteiger partial charge in [-0.05, 0) is 31.2 Å². The lowest BCUT2D eigenvalue weighted by molar-refractivity contribution is -0.139. The quantitative estimate of drug-likeness (QED) is 0.681. The highest BCUT2D eigenvalue weighted by Crippen LogP contribution is 2.15. The van der Waals surface area contributed by atoms with E-state index in [1.165, 1.54) is 4.90 Å². The van der Waals surface area contributed by atoms with Crippen LogP contribution in [0.2, 0.25) is 0 Å². The van der Waals surface area contributed by atoms with E-state index >= 15 is 0 Å². The van der Waals surface area contributed by atoms with E-state index in [-0.39, 0.29) is 18.4 Å². The number of hydrogen-bond acceptors (Lipinski definition) is 4.